The van der Waals surface area contributed by atoms with Crippen molar-refractivity contribution in [2.24, 2.45) is 10.7 Å². The van der Waals surface area contributed by atoms with Crippen molar-refractivity contribution in [2.75, 3.05) is 58.7 Å². The molecule has 0 bridgehead atoms. The van der Waals surface area contributed by atoms with Crippen LogP contribution in [0.15, 0.2) is 23.2 Å². The topological polar surface area (TPSA) is 66.1 Å². The van der Waals surface area contributed by atoms with E-state index in [9.17, 15) is 0 Å². The van der Waals surface area contributed by atoms with E-state index < -0.39 is 0 Å². The van der Waals surface area contributed by atoms with E-state index in [4.69, 9.17) is 22.1 Å². The molecule has 1 aliphatic heterocycles. The van der Waals surface area contributed by atoms with Crippen LogP contribution in [0.1, 0.15) is 6.42 Å². The van der Waals surface area contributed by atoms with Gasteiger partial charge in [-0.1, -0.05) is 11.6 Å². The van der Waals surface area contributed by atoms with E-state index in [1.807, 2.05) is 6.07 Å². The molecular weight excluding hydrogens is 314 g/mol. The van der Waals surface area contributed by atoms with Crippen molar-refractivity contribution in [3.8, 4) is 5.75 Å². The summed E-state index contributed by atoms with van der Waals surface area (Å²) in [4.78, 5) is 9.19. The number of benzene rings is 1. The third-order valence-electron chi connectivity index (χ3n) is 3.93. The molecule has 23 heavy (non-hydrogen) atoms. The Kier molecular flexibility index (Phi) is 6.95. The molecule has 6 nitrogen and oxygen atoms in total. The van der Waals surface area contributed by atoms with Crippen LogP contribution in [0, 0.1) is 0 Å². The fraction of sp³-hybridized carbons (Fsp3) is 0.562. The van der Waals surface area contributed by atoms with Gasteiger partial charge in [-0.25, -0.2) is 0 Å². The van der Waals surface area contributed by atoms with Gasteiger partial charge in [0.15, 0.2) is 5.96 Å². The van der Waals surface area contributed by atoms with Gasteiger partial charge in [-0.2, -0.15) is 0 Å². The molecule has 0 radical (unpaired) electrons. The lowest BCUT2D eigenvalue weighted by atomic mass is 10.3. The average molecular weight is 340 g/mol. The molecule has 0 aliphatic carbocycles. The number of halogens is 1. The zero-order valence-corrected chi connectivity index (χ0v) is 14.6. The summed E-state index contributed by atoms with van der Waals surface area (Å²) in [5.41, 5.74) is 6.73. The second-order valence-corrected chi connectivity index (χ2v) is 6.15. The van der Waals surface area contributed by atoms with Gasteiger partial charge >= 0.3 is 0 Å². The van der Waals surface area contributed by atoms with Crippen molar-refractivity contribution in [3.63, 3.8) is 0 Å². The summed E-state index contributed by atoms with van der Waals surface area (Å²) >= 11 is 6.09. The maximum atomic E-state index is 6.09. The van der Waals surface area contributed by atoms with Gasteiger partial charge in [0.2, 0.25) is 0 Å². The van der Waals surface area contributed by atoms with Crippen molar-refractivity contribution in [1.82, 2.24) is 9.80 Å². The van der Waals surface area contributed by atoms with Crippen LogP contribution in [-0.4, -0.2) is 69.2 Å². The number of ether oxygens (including phenoxy) is 1. The molecule has 2 rings (SSSR count). The maximum Gasteiger partial charge on any atom is 0.193 e. The number of nitrogens with zero attached hydrogens (tertiary/aromatic N) is 3. The van der Waals surface area contributed by atoms with E-state index in [-0.39, 0.29) is 0 Å². The number of rotatable bonds is 5. The molecule has 1 saturated heterocycles. The van der Waals surface area contributed by atoms with E-state index in [1.54, 1.807) is 19.2 Å². The zero-order valence-electron chi connectivity index (χ0n) is 13.9. The lowest BCUT2D eigenvalue weighted by molar-refractivity contribution is 0.283. The summed E-state index contributed by atoms with van der Waals surface area (Å²) in [5.74, 6) is 1.04. The average Bonchev–Trinajstić information content (AvgIpc) is 2.72. The summed E-state index contributed by atoms with van der Waals surface area (Å²) in [6, 6.07) is 5.43. The highest BCUT2D eigenvalue weighted by atomic mass is 35.5. The third-order valence-corrected chi connectivity index (χ3v) is 4.23. The summed E-state index contributed by atoms with van der Waals surface area (Å²) < 4.78 is 5.12. The van der Waals surface area contributed by atoms with Gasteiger partial charge in [-0.15, -0.1) is 0 Å². The largest absolute Gasteiger partial charge is 0.495 e. The smallest absolute Gasteiger partial charge is 0.193 e. The summed E-state index contributed by atoms with van der Waals surface area (Å²) in [7, 11) is 3.76. The molecule has 0 spiro atoms. The number of anilines is 1. The number of hydrogen-bond acceptors (Lipinski definition) is 4. The SMILES string of the molecule is COc1ccc(NC(N)=NCCN2CCCN(C)CC2)cc1Cl. The summed E-state index contributed by atoms with van der Waals surface area (Å²) in [6.07, 6.45) is 1.21. The van der Waals surface area contributed by atoms with E-state index in [1.165, 1.54) is 13.0 Å². The number of nitrogens with one attached hydrogen (secondary N) is 1. The number of hydrogen-bond donors (Lipinski definition) is 2. The van der Waals surface area contributed by atoms with Gasteiger partial charge in [0.1, 0.15) is 5.75 Å². The molecule has 1 aromatic rings. The molecule has 0 aromatic heterocycles. The number of nitrogens with two attached hydrogens (primary N) is 1. The molecule has 1 fully saturated rings. The van der Waals surface area contributed by atoms with Gasteiger partial charge in [-0.05, 0) is 44.8 Å². The fourth-order valence-corrected chi connectivity index (χ4v) is 2.82. The number of likely N-dealkylation sites (N-methyl/N-ethyl adjacent to an activating group) is 1. The fourth-order valence-electron chi connectivity index (χ4n) is 2.57. The molecule has 128 valence electrons. The quantitative estimate of drug-likeness (QED) is 0.631. The molecule has 3 N–H and O–H groups in total. The second-order valence-electron chi connectivity index (χ2n) is 5.74. The van der Waals surface area contributed by atoms with Crippen LogP contribution in [0.4, 0.5) is 5.69 Å². The van der Waals surface area contributed by atoms with Crippen LogP contribution in [-0.2, 0) is 0 Å². The highest BCUT2D eigenvalue weighted by molar-refractivity contribution is 6.32. The Morgan fingerprint density at radius 2 is 2.17 bits per heavy atom. The first kappa shape index (κ1) is 17.8. The monoisotopic (exact) mass is 339 g/mol. The number of aliphatic imine (C=N–C) groups is 1. The molecule has 0 unspecified atom stereocenters. The lowest BCUT2D eigenvalue weighted by Gasteiger charge is -2.18. The predicted molar refractivity (Wildman–Crippen MR) is 96.7 cm³/mol. The number of methoxy groups -OCH3 is 1. The Hall–Kier alpha value is -1.50. The van der Waals surface area contributed by atoms with Gasteiger partial charge in [0, 0.05) is 25.3 Å². The molecule has 7 heteroatoms. The minimum absolute atomic E-state index is 0.401. The van der Waals surface area contributed by atoms with Gasteiger partial charge in [0.05, 0.1) is 18.7 Å². The zero-order chi connectivity index (χ0) is 16.7. The van der Waals surface area contributed by atoms with E-state index in [0.29, 0.717) is 23.3 Å². The van der Waals surface area contributed by atoms with E-state index in [2.05, 4.69) is 27.2 Å². The van der Waals surface area contributed by atoms with Crippen LogP contribution < -0.4 is 15.8 Å². The van der Waals surface area contributed by atoms with Crippen LogP contribution in [0.25, 0.3) is 0 Å². The Balaban J connectivity index is 1.80. The van der Waals surface area contributed by atoms with Gasteiger partial charge in [0.25, 0.3) is 0 Å². The van der Waals surface area contributed by atoms with Crippen molar-refractivity contribution >= 4 is 23.2 Å². The standard InChI is InChI=1S/C16H26ClN5O/c1-21-7-3-8-22(11-10-21)9-6-19-16(18)20-13-4-5-15(23-2)14(17)12-13/h4-5,12H,3,6-11H2,1-2H3,(H3,18,19,20). The van der Waals surface area contributed by atoms with Crippen molar-refractivity contribution in [1.29, 1.82) is 0 Å². The first-order valence-electron chi connectivity index (χ1n) is 7.90. The van der Waals surface area contributed by atoms with Gasteiger partial charge in [-0.3, -0.25) is 4.99 Å². The Labute approximate surface area is 143 Å². The third kappa shape index (κ3) is 5.89. The molecule has 0 saturated carbocycles. The Morgan fingerprint density at radius 3 is 2.91 bits per heavy atom. The Morgan fingerprint density at radius 1 is 1.35 bits per heavy atom. The molecule has 0 atom stereocenters. The normalized spacial score (nSPS) is 17.8. The Bertz CT molecular complexity index is 537. The summed E-state index contributed by atoms with van der Waals surface area (Å²) in [5, 5.41) is 3.59. The van der Waals surface area contributed by atoms with Crippen molar-refractivity contribution in [2.45, 2.75) is 6.42 Å². The molecular formula is C16H26ClN5O. The van der Waals surface area contributed by atoms with Crippen molar-refractivity contribution < 1.29 is 4.74 Å². The van der Waals surface area contributed by atoms with Gasteiger partial charge < -0.3 is 25.6 Å². The van der Waals surface area contributed by atoms with E-state index in [0.717, 1.165) is 31.9 Å². The molecule has 0 amide bonds. The van der Waals surface area contributed by atoms with Crippen LogP contribution in [0.3, 0.4) is 0 Å². The lowest BCUT2D eigenvalue weighted by Crippen LogP contribution is -2.32. The maximum absolute atomic E-state index is 6.09. The highest BCUT2D eigenvalue weighted by Gasteiger charge is 2.11. The van der Waals surface area contributed by atoms with Crippen molar-refractivity contribution in [3.05, 3.63) is 23.2 Å². The first-order chi connectivity index (χ1) is 11.1. The van der Waals surface area contributed by atoms with E-state index >= 15 is 0 Å². The minimum Gasteiger partial charge on any atom is -0.495 e. The van der Waals surface area contributed by atoms with Crippen LogP contribution in [0.5, 0.6) is 5.75 Å². The minimum atomic E-state index is 0.401. The number of guanidine groups is 1. The predicted octanol–water partition coefficient (Wildman–Crippen LogP) is 1.71. The second kappa shape index (κ2) is 8.96. The first-order valence-corrected chi connectivity index (χ1v) is 8.27. The molecule has 1 heterocycles. The van der Waals surface area contributed by atoms with Crippen LogP contribution >= 0.6 is 11.6 Å². The summed E-state index contributed by atoms with van der Waals surface area (Å²) in [6.45, 7) is 6.12. The highest BCUT2D eigenvalue weighted by Crippen LogP contribution is 2.26. The molecule has 1 aliphatic rings. The van der Waals surface area contributed by atoms with Crippen LogP contribution in [0.2, 0.25) is 5.02 Å². The molecule has 1 aromatic carbocycles.